The highest BCUT2D eigenvalue weighted by Crippen LogP contribution is 2.30. The number of hydrogen-bond donors (Lipinski definition) is 1. The highest BCUT2D eigenvalue weighted by Gasteiger charge is 2.42. The maximum Gasteiger partial charge on any atom is 0.254 e. The van der Waals surface area contributed by atoms with Crippen LogP contribution in [0.5, 0.6) is 5.75 Å². The van der Waals surface area contributed by atoms with Crippen molar-refractivity contribution in [2.45, 2.75) is 44.8 Å². The molecule has 0 aromatic carbocycles. The SMILES string of the molecule is Cn1cc(Br)c(O[C@H]2CC[C@H](NC(=O)C3(C)COC3)CC2)cc1=O. The number of pyridine rings is 1. The molecule has 132 valence electrons. The number of aryl methyl sites for hydroxylation is 1. The van der Waals surface area contributed by atoms with Crippen LogP contribution in [0.3, 0.4) is 0 Å². The predicted octanol–water partition coefficient (Wildman–Crippen LogP) is 1.99. The van der Waals surface area contributed by atoms with Crippen molar-refractivity contribution in [3.63, 3.8) is 0 Å². The lowest BCUT2D eigenvalue weighted by molar-refractivity contribution is -0.158. The van der Waals surface area contributed by atoms with Gasteiger partial charge in [0.2, 0.25) is 5.91 Å². The first kappa shape index (κ1) is 17.5. The minimum absolute atomic E-state index is 0.0733. The Hall–Kier alpha value is -1.34. The Morgan fingerprint density at radius 2 is 2.04 bits per heavy atom. The number of carbonyl (C=O) groups is 1. The number of nitrogens with one attached hydrogen (secondary N) is 1. The number of nitrogens with zero attached hydrogens (tertiary/aromatic N) is 1. The summed E-state index contributed by atoms with van der Waals surface area (Å²) < 4.78 is 13.4. The molecule has 1 saturated carbocycles. The van der Waals surface area contributed by atoms with E-state index in [4.69, 9.17) is 9.47 Å². The van der Waals surface area contributed by atoms with Gasteiger partial charge in [-0.3, -0.25) is 9.59 Å². The summed E-state index contributed by atoms with van der Waals surface area (Å²) in [5.41, 5.74) is -0.451. The minimum Gasteiger partial charge on any atom is -0.489 e. The van der Waals surface area contributed by atoms with E-state index >= 15 is 0 Å². The van der Waals surface area contributed by atoms with Crippen LogP contribution in [-0.4, -0.2) is 35.8 Å². The van der Waals surface area contributed by atoms with Gasteiger partial charge in [-0.05, 0) is 48.5 Å². The van der Waals surface area contributed by atoms with E-state index < -0.39 is 0 Å². The fourth-order valence-electron chi connectivity index (χ4n) is 3.07. The number of rotatable bonds is 4. The van der Waals surface area contributed by atoms with Gasteiger partial charge in [0.25, 0.3) is 5.56 Å². The molecule has 1 N–H and O–H groups in total. The van der Waals surface area contributed by atoms with Crippen LogP contribution in [0.25, 0.3) is 0 Å². The molecule has 2 heterocycles. The highest BCUT2D eigenvalue weighted by molar-refractivity contribution is 9.10. The first-order valence-corrected chi connectivity index (χ1v) is 9.08. The molecule has 7 heteroatoms. The molecule has 0 bridgehead atoms. The molecule has 1 saturated heterocycles. The summed E-state index contributed by atoms with van der Waals surface area (Å²) in [5, 5.41) is 3.14. The summed E-state index contributed by atoms with van der Waals surface area (Å²) in [6.45, 7) is 2.95. The highest BCUT2D eigenvalue weighted by atomic mass is 79.9. The van der Waals surface area contributed by atoms with Crippen molar-refractivity contribution in [2.24, 2.45) is 12.5 Å². The van der Waals surface area contributed by atoms with Gasteiger partial charge < -0.3 is 19.4 Å². The smallest absolute Gasteiger partial charge is 0.254 e. The normalized spacial score (nSPS) is 25.6. The van der Waals surface area contributed by atoms with Crippen LogP contribution < -0.4 is 15.6 Å². The summed E-state index contributed by atoms with van der Waals surface area (Å²) >= 11 is 3.44. The Balaban J connectivity index is 1.51. The molecule has 2 aliphatic rings. The molecule has 2 fully saturated rings. The standard InChI is InChI=1S/C17H23BrN2O4/c1-17(9-23-10-17)16(22)19-11-3-5-12(6-4-11)24-14-7-15(21)20(2)8-13(14)18/h7-8,11-12H,3-6,9-10H2,1-2H3,(H,19,22)/t11-,12-. The van der Waals surface area contributed by atoms with Gasteiger partial charge >= 0.3 is 0 Å². The van der Waals surface area contributed by atoms with Gasteiger partial charge in [-0.2, -0.15) is 0 Å². The van der Waals surface area contributed by atoms with Gasteiger partial charge in [-0.1, -0.05) is 0 Å². The number of halogens is 1. The largest absolute Gasteiger partial charge is 0.489 e. The average molecular weight is 399 g/mol. The van der Waals surface area contributed by atoms with Gasteiger partial charge in [0, 0.05) is 25.4 Å². The van der Waals surface area contributed by atoms with Crippen molar-refractivity contribution in [3.05, 3.63) is 27.1 Å². The zero-order valence-electron chi connectivity index (χ0n) is 14.0. The molecule has 3 rings (SSSR count). The van der Waals surface area contributed by atoms with Crippen LogP contribution in [0.2, 0.25) is 0 Å². The predicted molar refractivity (Wildman–Crippen MR) is 93.1 cm³/mol. The van der Waals surface area contributed by atoms with E-state index in [1.165, 1.54) is 10.6 Å². The number of hydrogen-bond acceptors (Lipinski definition) is 4. The first-order chi connectivity index (χ1) is 11.4. The van der Waals surface area contributed by atoms with E-state index in [9.17, 15) is 9.59 Å². The third-order valence-electron chi connectivity index (χ3n) is 4.84. The summed E-state index contributed by atoms with van der Waals surface area (Å²) in [5.74, 6) is 0.678. The van der Waals surface area contributed by atoms with Crippen molar-refractivity contribution in [1.29, 1.82) is 0 Å². The molecule has 0 unspecified atom stereocenters. The Bertz CT molecular complexity index is 676. The number of carbonyl (C=O) groups excluding carboxylic acids is 1. The average Bonchev–Trinajstić information content (AvgIpc) is 2.52. The fraction of sp³-hybridized carbons (Fsp3) is 0.647. The number of amides is 1. The Morgan fingerprint density at radius 1 is 1.38 bits per heavy atom. The third kappa shape index (κ3) is 3.67. The van der Waals surface area contributed by atoms with E-state index in [1.807, 2.05) is 6.92 Å². The van der Waals surface area contributed by atoms with E-state index in [1.54, 1.807) is 13.2 Å². The second-order valence-corrected chi connectivity index (χ2v) is 7.91. The van der Waals surface area contributed by atoms with Crippen LogP contribution in [0.4, 0.5) is 0 Å². The van der Waals surface area contributed by atoms with E-state index in [2.05, 4.69) is 21.2 Å². The summed E-state index contributed by atoms with van der Waals surface area (Å²) in [6, 6.07) is 1.71. The van der Waals surface area contributed by atoms with Crippen LogP contribution in [0.1, 0.15) is 32.6 Å². The number of ether oxygens (including phenoxy) is 2. The van der Waals surface area contributed by atoms with Crippen molar-refractivity contribution >= 4 is 21.8 Å². The molecule has 1 aliphatic heterocycles. The molecule has 1 aromatic rings. The van der Waals surface area contributed by atoms with Gasteiger partial charge in [0.05, 0.1) is 29.2 Å². The van der Waals surface area contributed by atoms with Crippen LogP contribution in [0.15, 0.2) is 21.5 Å². The van der Waals surface area contributed by atoms with E-state index in [0.29, 0.717) is 19.0 Å². The van der Waals surface area contributed by atoms with E-state index in [0.717, 1.165) is 30.2 Å². The van der Waals surface area contributed by atoms with Gasteiger partial charge in [-0.25, -0.2) is 0 Å². The Labute approximate surface area is 149 Å². The molecule has 0 atom stereocenters. The Kier molecular flexibility index (Phi) is 5.01. The molecule has 1 amide bonds. The van der Waals surface area contributed by atoms with Crippen LogP contribution in [0, 0.1) is 5.41 Å². The van der Waals surface area contributed by atoms with Gasteiger partial charge in [0.15, 0.2) is 0 Å². The quantitative estimate of drug-likeness (QED) is 0.841. The topological polar surface area (TPSA) is 69.6 Å². The molecule has 1 aromatic heterocycles. The maximum absolute atomic E-state index is 12.2. The molecular weight excluding hydrogens is 376 g/mol. The summed E-state index contributed by atoms with van der Waals surface area (Å²) in [6.07, 6.45) is 5.28. The van der Waals surface area contributed by atoms with Crippen molar-refractivity contribution in [3.8, 4) is 5.75 Å². The van der Waals surface area contributed by atoms with Crippen molar-refractivity contribution < 1.29 is 14.3 Å². The molecule has 1 aliphatic carbocycles. The van der Waals surface area contributed by atoms with Gasteiger partial charge in [0.1, 0.15) is 5.75 Å². The second-order valence-electron chi connectivity index (χ2n) is 7.05. The third-order valence-corrected chi connectivity index (χ3v) is 5.43. The molecular formula is C17H23BrN2O4. The van der Waals surface area contributed by atoms with Crippen LogP contribution in [-0.2, 0) is 16.6 Å². The molecule has 6 nitrogen and oxygen atoms in total. The maximum atomic E-state index is 12.2. The first-order valence-electron chi connectivity index (χ1n) is 8.29. The van der Waals surface area contributed by atoms with E-state index in [-0.39, 0.29) is 29.0 Å². The fourth-order valence-corrected chi connectivity index (χ4v) is 3.59. The monoisotopic (exact) mass is 398 g/mol. The lowest BCUT2D eigenvalue weighted by Crippen LogP contribution is -2.54. The molecule has 0 spiro atoms. The summed E-state index contributed by atoms with van der Waals surface area (Å²) in [7, 11) is 1.71. The van der Waals surface area contributed by atoms with Crippen LogP contribution >= 0.6 is 15.9 Å². The summed E-state index contributed by atoms with van der Waals surface area (Å²) in [4.78, 5) is 24.0. The zero-order valence-corrected chi connectivity index (χ0v) is 15.6. The lowest BCUT2D eigenvalue weighted by atomic mass is 9.86. The molecule has 0 radical (unpaired) electrons. The molecule has 24 heavy (non-hydrogen) atoms. The number of aromatic nitrogens is 1. The zero-order chi connectivity index (χ0) is 17.3. The van der Waals surface area contributed by atoms with Crippen molar-refractivity contribution in [2.75, 3.05) is 13.2 Å². The van der Waals surface area contributed by atoms with Gasteiger partial charge in [-0.15, -0.1) is 0 Å². The minimum atomic E-state index is -0.359. The lowest BCUT2D eigenvalue weighted by Gasteiger charge is -2.38. The Morgan fingerprint density at radius 3 is 2.62 bits per heavy atom. The second kappa shape index (κ2) is 6.88. The van der Waals surface area contributed by atoms with Crippen molar-refractivity contribution in [1.82, 2.24) is 9.88 Å².